The van der Waals surface area contributed by atoms with Gasteiger partial charge in [0.1, 0.15) is 0 Å². The largest absolute Gasteiger partial charge is 0.361 e. The minimum absolute atomic E-state index is 0.0513. The number of aromatic nitrogens is 2. The molecule has 1 aliphatic heterocycles. The Kier molecular flexibility index (Phi) is 3.00. The molecule has 0 radical (unpaired) electrons. The average molecular weight is 262 g/mol. The molecule has 0 aromatic carbocycles. The lowest BCUT2D eigenvalue weighted by Gasteiger charge is -2.30. The summed E-state index contributed by atoms with van der Waals surface area (Å²) in [5, 5.41) is 3.18. The number of likely N-dealkylation sites (N-methyl/N-ethyl adjacent to an activating group) is 1. The summed E-state index contributed by atoms with van der Waals surface area (Å²) in [6.07, 6.45) is 6.84. The number of amides is 1. The fourth-order valence-corrected chi connectivity index (χ4v) is 2.49. The molecular formula is C13H18N4O2. The molecule has 1 saturated carbocycles. The first-order valence-corrected chi connectivity index (χ1v) is 6.73. The van der Waals surface area contributed by atoms with Crippen molar-refractivity contribution in [3.05, 3.63) is 22.7 Å². The SMILES string of the molecule is CN1CC(Nc2nccn(C3CC3)c2=O)CCC1=O. The van der Waals surface area contributed by atoms with Crippen LogP contribution in [-0.2, 0) is 4.79 Å². The first-order chi connectivity index (χ1) is 9.15. The van der Waals surface area contributed by atoms with Crippen molar-refractivity contribution in [1.29, 1.82) is 0 Å². The molecule has 0 spiro atoms. The van der Waals surface area contributed by atoms with E-state index in [9.17, 15) is 9.59 Å². The molecule has 2 fully saturated rings. The molecule has 1 amide bonds. The lowest BCUT2D eigenvalue weighted by Crippen LogP contribution is -2.44. The van der Waals surface area contributed by atoms with E-state index in [-0.39, 0.29) is 17.5 Å². The first kappa shape index (κ1) is 12.2. The summed E-state index contributed by atoms with van der Waals surface area (Å²) < 4.78 is 1.76. The van der Waals surface area contributed by atoms with Crippen molar-refractivity contribution < 1.29 is 4.79 Å². The van der Waals surface area contributed by atoms with Gasteiger partial charge in [0.25, 0.3) is 5.56 Å². The van der Waals surface area contributed by atoms with Crippen molar-refractivity contribution in [3.63, 3.8) is 0 Å². The third-order valence-electron chi connectivity index (χ3n) is 3.78. The molecule has 1 aliphatic carbocycles. The van der Waals surface area contributed by atoms with Crippen LogP contribution in [0.15, 0.2) is 17.2 Å². The van der Waals surface area contributed by atoms with Gasteiger partial charge in [0.15, 0.2) is 5.82 Å². The second kappa shape index (κ2) is 4.68. The number of anilines is 1. The summed E-state index contributed by atoms with van der Waals surface area (Å²) in [4.78, 5) is 29.5. The number of hydrogen-bond donors (Lipinski definition) is 1. The number of piperidine rings is 1. The zero-order chi connectivity index (χ0) is 13.4. The van der Waals surface area contributed by atoms with Gasteiger partial charge >= 0.3 is 0 Å². The Balaban J connectivity index is 1.75. The lowest BCUT2D eigenvalue weighted by atomic mass is 10.1. The molecule has 6 heteroatoms. The Labute approximate surface area is 111 Å². The van der Waals surface area contributed by atoms with Crippen molar-refractivity contribution in [2.24, 2.45) is 0 Å². The van der Waals surface area contributed by atoms with E-state index in [4.69, 9.17) is 0 Å². The van der Waals surface area contributed by atoms with Crippen LogP contribution in [0.5, 0.6) is 0 Å². The number of nitrogens with zero attached hydrogens (tertiary/aromatic N) is 3. The standard InChI is InChI=1S/C13H18N4O2/c1-16-8-9(2-5-11(16)18)15-12-13(19)17(7-6-14-12)10-3-4-10/h6-7,9-10H,2-5,8H2,1H3,(H,14,15). The van der Waals surface area contributed by atoms with Gasteiger partial charge in [0, 0.05) is 44.5 Å². The lowest BCUT2D eigenvalue weighted by molar-refractivity contribution is -0.132. The first-order valence-electron chi connectivity index (χ1n) is 6.73. The van der Waals surface area contributed by atoms with E-state index in [1.165, 1.54) is 0 Å². The Bertz CT molecular complexity index is 550. The molecule has 1 aromatic rings. The molecular weight excluding hydrogens is 244 g/mol. The van der Waals surface area contributed by atoms with Gasteiger partial charge in [-0.05, 0) is 19.3 Å². The third kappa shape index (κ3) is 2.47. The summed E-state index contributed by atoms with van der Waals surface area (Å²) >= 11 is 0. The molecule has 6 nitrogen and oxygen atoms in total. The maximum absolute atomic E-state index is 12.2. The van der Waals surface area contributed by atoms with E-state index in [2.05, 4.69) is 10.3 Å². The summed E-state index contributed by atoms with van der Waals surface area (Å²) in [6, 6.07) is 0.463. The van der Waals surface area contributed by atoms with Gasteiger partial charge in [-0.15, -0.1) is 0 Å². The smallest absolute Gasteiger partial charge is 0.293 e. The van der Waals surface area contributed by atoms with E-state index < -0.39 is 0 Å². The Morgan fingerprint density at radius 2 is 2.11 bits per heavy atom. The van der Waals surface area contributed by atoms with Crippen LogP contribution in [0.2, 0.25) is 0 Å². The van der Waals surface area contributed by atoms with E-state index in [0.717, 1.165) is 19.3 Å². The highest BCUT2D eigenvalue weighted by atomic mass is 16.2. The maximum Gasteiger partial charge on any atom is 0.293 e. The number of hydrogen-bond acceptors (Lipinski definition) is 4. The van der Waals surface area contributed by atoms with Crippen molar-refractivity contribution in [2.75, 3.05) is 18.9 Å². The zero-order valence-electron chi connectivity index (χ0n) is 11.0. The van der Waals surface area contributed by atoms with E-state index in [0.29, 0.717) is 24.8 Å². The quantitative estimate of drug-likeness (QED) is 0.866. The number of carbonyl (C=O) groups excluding carboxylic acids is 1. The van der Waals surface area contributed by atoms with E-state index in [1.807, 2.05) is 0 Å². The van der Waals surface area contributed by atoms with Gasteiger partial charge in [-0.25, -0.2) is 4.98 Å². The molecule has 1 aromatic heterocycles. The molecule has 1 N–H and O–H groups in total. The van der Waals surface area contributed by atoms with Gasteiger partial charge in [-0.2, -0.15) is 0 Å². The van der Waals surface area contributed by atoms with Crippen molar-refractivity contribution in [2.45, 2.75) is 37.8 Å². The van der Waals surface area contributed by atoms with Crippen LogP contribution in [0.1, 0.15) is 31.7 Å². The highest BCUT2D eigenvalue weighted by Gasteiger charge is 2.27. The molecule has 19 heavy (non-hydrogen) atoms. The number of carbonyl (C=O) groups is 1. The summed E-state index contributed by atoms with van der Waals surface area (Å²) in [7, 11) is 1.79. The van der Waals surface area contributed by atoms with Crippen molar-refractivity contribution in [1.82, 2.24) is 14.5 Å². The second-order valence-electron chi connectivity index (χ2n) is 5.37. The molecule has 1 saturated heterocycles. The predicted octanol–water partition coefficient (Wildman–Crippen LogP) is 0.611. The Morgan fingerprint density at radius 3 is 2.79 bits per heavy atom. The fourth-order valence-electron chi connectivity index (χ4n) is 2.49. The Morgan fingerprint density at radius 1 is 1.32 bits per heavy atom. The monoisotopic (exact) mass is 262 g/mol. The minimum atomic E-state index is -0.0513. The van der Waals surface area contributed by atoms with Crippen molar-refractivity contribution >= 4 is 11.7 Å². The highest BCUT2D eigenvalue weighted by Crippen LogP contribution is 2.33. The van der Waals surface area contributed by atoms with Crippen LogP contribution in [0.25, 0.3) is 0 Å². The molecule has 102 valence electrons. The molecule has 1 unspecified atom stereocenters. The normalized spacial score (nSPS) is 23.5. The topological polar surface area (TPSA) is 67.2 Å². The van der Waals surface area contributed by atoms with Crippen molar-refractivity contribution in [3.8, 4) is 0 Å². The number of likely N-dealkylation sites (tertiary alicyclic amines) is 1. The molecule has 1 atom stereocenters. The number of nitrogens with one attached hydrogen (secondary N) is 1. The minimum Gasteiger partial charge on any atom is -0.361 e. The van der Waals surface area contributed by atoms with Gasteiger partial charge < -0.3 is 14.8 Å². The van der Waals surface area contributed by atoms with Crippen LogP contribution in [0.3, 0.4) is 0 Å². The summed E-state index contributed by atoms with van der Waals surface area (Å²) in [5.74, 6) is 0.566. The van der Waals surface area contributed by atoms with E-state index >= 15 is 0 Å². The summed E-state index contributed by atoms with van der Waals surface area (Å²) in [6.45, 7) is 0.623. The van der Waals surface area contributed by atoms with Crippen LogP contribution < -0.4 is 10.9 Å². The van der Waals surface area contributed by atoms with Gasteiger partial charge in [-0.1, -0.05) is 0 Å². The molecule has 3 rings (SSSR count). The van der Waals surface area contributed by atoms with Crippen LogP contribution >= 0.6 is 0 Å². The van der Waals surface area contributed by atoms with Crippen LogP contribution in [0, 0.1) is 0 Å². The fraction of sp³-hybridized carbons (Fsp3) is 0.615. The average Bonchev–Trinajstić information content (AvgIpc) is 3.21. The third-order valence-corrected chi connectivity index (χ3v) is 3.78. The summed E-state index contributed by atoms with van der Waals surface area (Å²) in [5.41, 5.74) is -0.0513. The van der Waals surface area contributed by atoms with Crippen LogP contribution in [-0.4, -0.2) is 40.0 Å². The maximum atomic E-state index is 12.2. The molecule has 2 heterocycles. The van der Waals surface area contributed by atoms with Crippen LogP contribution in [0.4, 0.5) is 5.82 Å². The highest BCUT2D eigenvalue weighted by molar-refractivity contribution is 5.76. The Hall–Kier alpha value is -1.85. The van der Waals surface area contributed by atoms with Gasteiger partial charge in [0.2, 0.25) is 5.91 Å². The molecule has 2 aliphatic rings. The van der Waals surface area contributed by atoms with Gasteiger partial charge in [0.05, 0.1) is 0 Å². The predicted molar refractivity (Wildman–Crippen MR) is 71.0 cm³/mol. The molecule has 0 bridgehead atoms. The number of rotatable bonds is 3. The zero-order valence-corrected chi connectivity index (χ0v) is 11.0. The van der Waals surface area contributed by atoms with E-state index in [1.54, 1.807) is 28.9 Å². The second-order valence-corrected chi connectivity index (χ2v) is 5.37. The van der Waals surface area contributed by atoms with Gasteiger partial charge in [-0.3, -0.25) is 9.59 Å².